The van der Waals surface area contributed by atoms with Crippen molar-refractivity contribution in [1.29, 1.82) is 0 Å². The minimum atomic E-state index is -0.651. The zero-order chi connectivity index (χ0) is 30.0. The highest BCUT2D eigenvalue weighted by atomic mass is 16.6. The van der Waals surface area contributed by atoms with Crippen LogP contribution in [0.25, 0.3) is 0 Å². The lowest BCUT2D eigenvalue weighted by molar-refractivity contribution is -0.145. The molecule has 0 saturated carbocycles. The summed E-state index contributed by atoms with van der Waals surface area (Å²) >= 11 is 0. The number of esters is 1. The fraction of sp³-hybridized carbons (Fsp3) is 0.412. The highest BCUT2D eigenvalue weighted by Gasteiger charge is 2.40. The molecule has 1 saturated heterocycles. The molecule has 1 N–H and O–H groups in total. The van der Waals surface area contributed by atoms with Gasteiger partial charge in [-0.2, -0.15) is 0 Å². The number of nitrogens with one attached hydrogen (secondary N) is 1. The van der Waals surface area contributed by atoms with Gasteiger partial charge in [0.2, 0.25) is 0 Å². The van der Waals surface area contributed by atoms with Crippen LogP contribution in [0.1, 0.15) is 43.9 Å². The van der Waals surface area contributed by atoms with Crippen LogP contribution < -0.4 is 14.8 Å². The Bertz CT molecular complexity index is 1270. The van der Waals surface area contributed by atoms with E-state index in [1.54, 1.807) is 7.11 Å². The van der Waals surface area contributed by atoms with Gasteiger partial charge in [0.05, 0.1) is 18.6 Å². The predicted octanol–water partition coefficient (Wildman–Crippen LogP) is 5.90. The Morgan fingerprint density at radius 2 is 1.52 bits per heavy atom. The molecule has 1 aliphatic rings. The van der Waals surface area contributed by atoms with Gasteiger partial charge in [-0.25, -0.2) is 4.79 Å². The average Bonchev–Trinajstić information content (AvgIpc) is 3.32. The standard InChI is InChI=1S/C34H41NO7/c1-34(2,3)42-33(37)35-30(21-25-12-14-28(15-13-25)39-19-18-38-4)31-22-27(32(36)41-31)20-24-10-16-29(17-11-24)40-23-26-8-6-5-7-9-26/h5-17,27,30-31H,18-23H2,1-4H3,(H,35,37)/t27-,30+,31+/m1/s1. The zero-order valence-corrected chi connectivity index (χ0v) is 24.8. The van der Waals surface area contributed by atoms with Crippen molar-refractivity contribution in [3.63, 3.8) is 0 Å². The second-order valence-electron chi connectivity index (χ2n) is 11.5. The van der Waals surface area contributed by atoms with E-state index < -0.39 is 23.8 Å². The Balaban J connectivity index is 1.38. The number of cyclic esters (lactones) is 1. The van der Waals surface area contributed by atoms with Crippen molar-refractivity contribution >= 4 is 12.1 Å². The topological polar surface area (TPSA) is 92.3 Å². The molecule has 0 bridgehead atoms. The highest BCUT2D eigenvalue weighted by molar-refractivity contribution is 5.75. The maximum Gasteiger partial charge on any atom is 0.408 e. The summed E-state index contributed by atoms with van der Waals surface area (Å²) in [5, 5.41) is 2.96. The first-order chi connectivity index (χ1) is 20.2. The van der Waals surface area contributed by atoms with E-state index in [1.165, 1.54) is 0 Å². The second kappa shape index (κ2) is 14.7. The summed E-state index contributed by atoms with van der Waals surface area (Å²) in [6.07, 6.45) is 0.471. The summed E-state index contributed by atoms with van der Waals surface area (Å²) in [5.74, 6) is 0.926. The Morgan fingerprint density at radius 3 is 2.17 bits per heavy atom. The molecule has 0 radical (unpaired) electrons. The number of alkyl carbamates (subject to hydrolysis) is 1. The minimum absolute atomic E-state index is 0.262. The lowest BCUT2D eigenvalue weighted by Crippen LogP contribution is -2.46. The fourth-order valence-electron chi connectivity index (χ4n) is 4.78. The van der Waals surface area contributed by atoms with E-state index in [0.29, 0.717) is 39.1 Å². The number of carbonyl (C=O) groups excluding carboxylic acids is 2. The third-order valence-electron chi connectivity index (χ3n) is 6.86. The van der Waals surface area contributed by atoms with Crippen molar-refractivity contribution in [3.05, 3.63) is 95.6 Å². The zero-order valence-electron chi connectivity index (χ0n) is 24.8. The van der Waals surface area contributed by atoms with Crippen LogP contribution >= 0.6 is 0 Å². The van der Waals surface area contributed by atoms with Gasteiger partial charge in [0.1, 0.15) is 36.4 Å². The molecular formula is C34H41NO7. The van der Waals surface area contributed by atoms with Crippen molar-refractivity contribution < 1.29 is 33.3 Å². The van der Waals surface area contributed by atoms with Gasteiger partial charge in [-0.3, -0.25) is 4.79 Å². The number of amides is 1. The van der Waals surface area contributed by atoms with E-state index >= 15 is 0 Å². The quantitative estimate of drug-likeness (QED) is 0.200. The van der Waals surface area contributed by atoms with Gasteiger partial charge in [0.25, 0.3) is 0 Å². The second-order valence-corrected chi connectivity index (χ2v) is 11.5. The van der Waals surface area contributed by atoms with E-state index in [2.05, 4.69) is 5.32 Å². The fourth-order valence-corrected chi connectivity index (χ4v) is 4.78. The van der Waals surface area contributed by atoms with Crippen molar-refractivity contribution in [2.45, 2.75) is 64.4 Å². The Hall–Kier alpha value is -4.04. The molecule has 0 unspecified atom stereocenters. The van der Waals surface area contributed by atoms with E-state index in [9.17, 15) is 9.59 Å². The van der Waals surface area contributed by atoms with Gasteiger partial charge in [-0.05, 0) is 74.6 Å². The van der Waals surface area contributed by atoms with Crippen molar-refractivity contribution in [1.82, 2.24) is 5.32 Å². The molecule has 0 aliphatic carbocycles. The van der Waals surface area contributed by atoms with Crippen molar-refractivity contribution in [3.8, 4) is 11.5 Å². The SMILES string of the molecule is COCCOc1ccc(C[C@H](NC(=O)OC(C)(C)C)[C@@H]2C[C@@H](Cc3ccc(OCc4ccccc4)cc3)C(=O)O2)cc1. The molecule has 8 heteroatoms. The van der Waals surface area contributed by atoms with Crippen molar-refractivity contribution in [2.75, 3.05) is 20.3 Å². The monoisotopic (exact) mass is 575 g/mol. The van der Waals surface area contributed by atoms with Gasteiger partial charge in [0, 0.05) is 13.5 Å². The first kappa shape index (κ1) is 30.9. The summed E-state index contributed by atoms with van der Waals surface area (Å²) in [6, 6.07) is 25.0. The smallest absolute Gasteiger partial charge is 0.408 e. The first-order valence-electron chi connectivity index (χ1n) is 14.3. The maximum atomic E-state index is 12.9. The largest absolute Gasteiger partial charge is 0.491 e. The van der Waals surface area contributed by atoms with Gasteiger partial charge >= 0.3 is 12.1 Å². The number of carbonyl (C=O) groups is 2. The number of ether oxygens (including phenoxy) is 5. The van der Waals surface area contributed by atoms with E-state index in [-0.39, 0.29) is 11.9 Å². The lowest BCUT2D eigenvalue weighted by Gasteiger charge is -2.26. The van der Waals surface area contributed by atoms with Crippen LogP contribution in [0.5, 0.6) is 11.5 Å². The summed E-state index contributed by atoms with van der Waals surface area (Å²) in [7, 11) is 1.63. The molecule has 4 rings (SSSR count). The van der Waals surface area contributed by atoms with E-state index in [4.69, 9.17) is 23.7 Å². The lowest BCUT2D eigenvalue weighted by atomic mass is 9.92. The highest BCUT2D eigenvalue weighted by Crippen LogP contribution is 2.29. The maximum absolute atomic E-state index is 12.9. The molecule has 1 aliphatic heterocycles. The van der Waals surface area contributed by atoms with Crippen LogP contribution in [-0.4, -0.2) is 50.1 Å². The Morgan fingerprint density at radius 1 is 0.881 bits per heavy atom. The average molecular weight is 576 g/mol. The van der Waals surface area contributed by atoms with Gasteiger partial charge in [-0.15, -0.1) is 0 Å². The van der Waals surface area contributed by atoms with Crippen LogP contribution in [0.4, 0.5) is 4.79 Å². The normalized spacial score (nSPS) is 17.3. The van der Waals surface area contributed by atoms with Gasteiger partial charge in [-0.1, -0.05) is 54.6 Å². The minimum Gasteiger partial charge on any atom is -0.491 e. The molecule has 224 valence electrons. The van der Waals surface area contributed by atoms with E-state index in [1.807, 2.05) is 99.6 Å². The van der Waals surface area contributed by atoms with Crippen LogP contribution in [0.2, 0.25) is 0 Å². The Labute approximate surface area is 248 Å². The molecule has 1 heterocycles. The molecule has 0 spiro atoms. The molecule has 3 atom stereocenters. The van der Waals surface area contributed by atoms with Crippen LogP contribution in [-0.2, 0) is 38.5 Å². The number of hydrogen-bond donors (Lipinski definition) is 1. The number of benzene rings is 3. The van der Waals surface area contributed by atoms with Crippen LogP contribution in [0, 0.1) is 5.92 Å². The molecule has 8 nitrogen and oxygen atoms in total. The number of methoxy groups -OCH3 is 1. The van der Waals surface area contributed by atoms with Gasteiger partial charge < -0.3 is 29.0 Å². The van der Waals surface area contributed by atoms with E-state index in [0.717, 1.165) is 28.2 Å². The first-order valence-corrected chi connectivity index (χ1v) is 14.3. The Kier molecular flexibility index (Phi) is 10.8. The third kappa shape index (κ3) is 9.80. The molecule has 0 aromatic heterocycles. The van der Waals surface area contributed by atoms with Crippen LogP contribution in [0.3, 0.4) is 0 Å². The van der Waals surface area contributed by atoms with Crippen LogP contribution in [0.15, 0.2) is 78.9 Å². The molecule has 1 fully saturated rings. The predicted molar refractivity (Wildman–Crippen MR) is 160 cm³/mol. The summed E-state index contributed by atoms with van der Waals surface area (Å²) in [5.41, 5.74) is 2.44. The molecule has 1 amide bonds. The summed E-state index contributed by atoms with van der Waals surface area (Å²) in [4.78, 5) is 25.7. The molecule has 42 heavy (non-hydrogen) atoms. The number of hydrogen-bond acceptors (Lipinski definition) is 7. The summed E-state index contributed by atoms with van der Waals surface area (Å²) in [6.45, 7) is 6.90. The molecule has 3 aromatic rings. The van der Waals surface area contributed by atoms with Crippen molar-refractivity contribution in [2.24, 2.45) is 5.92 Å². The third-order valence-corrected chi connectivity index (χ3v) is 6.86. The summed E-state index contributed by atoms with van der Waals surface area (Å²) < 4.78 is 27.9. The van der Waals surface area contributed by atoms with Gasteiger partial charge in [0.15, 0.2) is 0 Å². The molecule has 3 aromatic carbocycles. The number of rotatable bonds is 13. The molecular weight excluding hydrogens is 534 g/mol.